The number of amides is 1. The van der Waals surface area contributed by atoms with Crippen molar-refractivity contribution in [3.05, 3.63) is 93.3 Å². The zero-order valence-corrected chi connectivity index (χ0v) is 17.7. The van der Waals surface area contributed by atoms with Crippen molar-refractivity contribution in [2.75, 3.05) is 11.9 Å². The van der Waals surface area contributed by atoms with E-state index in [1.807, 2.05) is 55.5 Å². The maximum absolute atomic E-state index is 12.4. The van der Waals surface area contributed by atoms with Gasteiger partial charge in [-0.2, -0.15) is 0 Å². The van der Waals surface area contributed by atoms with Gasteiger partial charge in [-0.15, -0.1) is 0 Å². The molecule has 6 heteroatoms. The summed E-state index contributed by atoms with van der Waals surface area (Å²) in [5.41, 5.74) is 2.89. The van der Waals surface area contributed by atoms with E-state index in [1.165, 1.54) is 0 Å². The third kappa shape index (κ3) is 4.44. The van der Waals surface area contributed by atoms with Gasteiger partial charge in [0.15, 0.2) is 6.61 Å². The summed E-state index contributed by atoms with van der Waals surface area (Å²) in [7, 11) is 0. The Morgan fingerprint density at radius 2 is 1.77 bits per heavy atom. The molecule has 0 aliphatic carbocycles. The van der Waals surface area contributed by atoms with Crippen molar-refractivity contribution < 1.29 is 13.9 Å². The van der Waals surface area contributed by atoms with Crippen LogP contribution in [0.25, 0.3) is 22.1 Å². The number of carbonyl (C=O) groups excluding carboxylic acids is 1. The van der Waals surface area contributed by atoms with Crippen molar-refractivity contribution in [2.24, 2.45) is 0 Å². The standard InChI is InChI=1S/C24H18BrNO4/c1-15-12-18(26-23(27)14-29-19-9-6-17(25)7-10-19)8-11-20(15)21-13-16-4-2-3-5-22(16)30-24(21)28/h2-13H,14H2,1H3,(H,26,27). The summed E-state index contributed by atoms with van der Waals surface area (Å²) in [5, 5.41) is 3.67. The molecule has 30 heavy (non-hydrogen) atoms. The lowest BCUT2D eigenvalue weighted by atomic mass is 10.0. The zero-order valence-electron chi connectivity index (χ0n) is 16.1. The molecule has 4 aromatic rings. The summed E-state index contributed by atoms with van der Waals surface area (Å²) in [6.07, 6.45) is 0. The van der Waals surface area contributed by atoms with Gasteiger partial charge in [0.1, 0.15) is 11.3 Å². The number of para-hydroxylation sites is 1. The van der Waals surface area contributed by atoms with Crippen molar-refractivity contribution in [1.82, 2.24) is 0 Å². The second kappa shape index (κ2) is 8.55. The van der Waals surface area contributed by atoms with E-state index in [-0.39, 0.29) is 12.5 Å². The minimum Gasteiger partial charge on any atom is -0.484 e. The molecule has 0 aliphatic heterocycles. The molecular weight excluding hydrogens is 446 g/mol. The second-order valence-electron chi connectivity index (χ2n) is 6.81. The van der Waals surface area contributed by atoms with Crippen molar-refractivity contribution in [3.63, 3.8) is 0 Å². The molecule has 1 N–H and O–H groups in total. The van der Waals surface area contributed by atoms with E-state index in [1.54, 1.807) is 24.3 Å². The predicted molar refractivity (Wildman–Crippen MR) is 121 cm³/mol. The molecule has 0 aliphatic rings. The first-order valence-electron chi connectivity index (χ1n) is 9.32. The van der Waals surface area contributed by atoms with Gasteiger partial charge < -0.3 is 14.5 Å². The summed E-state index contributed by atoms with van der Waals surface area (Å²) in [6.45, 7) is 1.79. The van der Waals surface area contributed by atoms with Crippen LogP contribution in [0.5, 0.6) is 5.75 Å². The Morgan fingerprint density at radius 3 is 2.53 bits per heavy atom. The van der Waals surface area contributed by atoms with Crippen LogP contribution in [0.3, 0.4) is 0 Å². The van der Waals surface area contributed by atoms with E-state index in [0.29, 0.717) is 22.6 Å². The average molecular weight is 464 g/mol. The van der Waals surface area contributed by atoms with E-state index in [2.05, 4.69) is 21.2 Å². The van der Waals surface area contributed by atoms with Crippen LogP contribution in [0, 0.1) is 6.92 Å². The summed E-state index contributed by atoms with van der Waals surface area (Å²) >= 11 is 3.36. The van der Waals surface area contributed by atoms with Gasteiger partial charge >= 0.3 is 5.63 Å². The number of rotatable bonds is 5. The number of carbonyl (C=O) groups is 1. The molecule has 1 heterocycles. The molecule has 0 atom stereocenters. The first kappa shape index (κ1) is 19.9. The molecular formula is C24H18BrNO4. The number of aryl methyl sites for hydroxylation is 1. The van der Waals surface area contributed by atoms with Crippen molar-refractivity contribution in [2.45, 2.75) is 6.92 Å². The third-order valence-corrected chi connectivity index (χ3v) is 5.15. The van der Waals surface area contributed by atoms with Crippen LogP contribution in [0.15, 0.2) is 86.5 Å². The number of anilines is 1. The zero-order chi connectivity index (χ0) is 21.1. The van der Waals surface area contributed by atoms with Crippen LogP contribution in [0.2, 0.25) is 0 Å². The van der Waals surface area contributed by atoms with E-state index in [9.17, 15) is 9.59 Å². The Balaban J connectivity index is 1.49. The molecule has 0 spiro atoms. The molecule has 0 radical (unpaired) electrons. The number of hydrogen-bond donors (Lipinski definition) is 1. The Kier molecular flexibility index (Phi) is 5.68. The van der Waals surface area contributed by atoms with Gasteiger partial charge in [-0.05, 0) is 66.6 Å². The molecule has 4 rings (SSSR count). The molecule has 5 nitrogen and oxygen atoms in total. The first-order chi connectivity index (χ1) is 14.5. The SMILES string of the molecule is Cc1cc(NC(=O)COc2ccc(Br)cc2)ccc1-c1cc2ccccc2oc1=O. The van der Waals surface area contributed by atoms with E-state index < -0.39 is 5.63 Å². The van der Waals surface area contributed by atoms with Crippen molar-refractivity contribution in [1.29, 1.82) is 0 Å². The van der Waals surface area contributed by atoms with Crippen LogP contribution >= 0.6 is 15.9 Å². The number of benzene rings is 3. The second-order valence-corrected chi connectivity index (χ2v) is 7.72. The largest absolute Gasteiger partial charge is 0.484 e. The molecule has 0 saturated carbocycles. The van der Waals surface area contributed by atoms with Gasteiger partial charge in [-0.3, -0.25) is 4.79 Å². The van der Waals surface area contributed by atoms with Gasteiger partial charge in [-0.1, -0.05) is 40.2 Å². The molecule has 150 valence electrons. The summed E-state index contributed by atoms with van der Waals surface area (Å²) in [6, 6.07) is 21.9. The van der Waals surface area contributed by atoms with Crippen LogP contribution in [-0.4, -0.2) is 12.5 Å². The summed E-state index contributed by atoms with van der Waals surface area (Å²) < 4.78 is 11.9. The predicted octanol–water partition coefficient (Wildman–Crippen LogP) is 5.55. The van der Waals surface area contributed by atoms with Crippen LogP contribution < -0.4 is 15.7 Å². The minimum absolute atomic E-state index is 0.101. The monoisotopic (exact) mass is 463 g/mol. The molecule has 0 bridgehead atoms. The first-order valence-corrected chi connectivity index (χ1v) is 10.1. The number of hydrogen-bond acceptors (Lipinski definition) is 4. The lowest BCUT2D eigenvalue weighted by Crippen LogP contribution is -2.20. The van der Waals surface area contributed by atoms with E-state index in [4.69, 9.17) is 9.15 Å². The summed E-state index contributed by atoms with van der Waals surface area (Å²) in [5.74, 6) is 0.346. The van der Waals surface area contributed by atoms with Gasteiger partial charge in [0.2, 0.25) is 0 Å². The quantitative estimate of drug-likeness (QED) is 0.394. The van der Waals surface area contributed by atoms with Crippen LogP contribution in [-0.2, 0) is 4.79 Å². The fraction of sp³-hybridized carbons (Fsp3) is 0.0833. The maximum atomic E-state index is 12.4. The minimum atomic E-state index is -0.392. The lowest BCUT2D eigenvalue weighted by molar-refractivity contribution is -0.118. The average Bonchev–Trinajstić information content (AvgIpc) is 2.73. The highest BCUT2D eigenvalue weighted by Crippen LogP contribution is 2.26. The highest BCUT2D eigenvalue weighted by Gasteiger charge is 2.12. The van der Waals surface area contributed by atoms with E-state index in [0.717, 1.165) is 21.0 Å². The number of fused-ring (bicyclic) bond motifs is 1. The van der Waals surface area contributed by atoms with Gasteiger partial charge in [-0.25, -0.2) is 4.79 Å². The highest BCUT2D eigenvalue weighted by molar-refractivity contribution is 9.10. The Labute approximate surface area is 181 Å². The Hall–Kier alpha value is -3.38. The molecule has 1 amide bonds. The lowest BCUT2D eigenvalue weighted by Gasteiger charge is -2.11. The number of ether oxygens (including phenoxy) is 1. The van der Waals surface area contributed by atoms with Crippen LogP contribution in [0.1, 0.15) is 5.56 Å². The van der Waals surface area contributed by atoms with E-state index >= 15 is 0 Å². The molecule has 0 unspecified atom stereocenters. The molecule has 3 aromatic carbocycles. The fourth-order valence-electron chi connectivity index (χ4n) is 3.17. The third-order valence-electron chi connectivity index (χ3n) is 4.63. The fourth-order valence-corrected chi connectivity index (χ4v) is 3.43. The van der Waals surface area contributed by atoms with Crippen molar-refractivity contribution >= 4 is 38.5 Å². The summed E-state index contributed by atoms with van der Waals surface area (Å²) in [4.78, 5) is 24.6. The van der Waals surface area contributed by atoms with Gasteiger partial charge in [0.05, 0.1) is 5.56 Å². The van der Waals surface area contributed by atoms with Crippen molar-refractivity contribution in [3.8, 4) is 16.9 Å². The van der Waals surface area contributed by atoms with Crippen LogP contribution in [0.4, 0.5) is 5.69 Å². The molecule has 1 aromatic heterocycles. The Morgan fingerprint density at radius 1 is 1.00 bits per heavy atom. The number of nitrogens with one attached hydrogen (secondary N) is 1. The van der Waals surface area contributed by atoms with Gasteiger partial charge in [0, 0.05) is 15.5 Å². The normalized spacial score (nSPS) is 10.7. The number of halogens is 1. The smallest absolute Gasteiger partial charge is 0.344 e. The maximum Gasteiger partial charge on any atom is 0.344 e. The van der Waals surface area contributed by atoms with Gasteiger partial charge in [0.25, 0.3) is 5.91 Å². The Bertz CT molecular complexity index is 1280. The molecule has 0 saturated heterocycles. The topological polar surface area (TPSA) is 68.5 Å². The highest BCUT2D eigenvalue weighted by atomic mass is 79.9. The molecule has 0 fully saturated rings.